The third-order valence-electron chi connectivity index (χ3n) is 3.35. The van der Waals surface area contributed by atoms with Crippen molar-refractivity contribution < 1.29 is 38.4 Å². The summed E-state index contributed by atoms with van der Waals surface area (Å²) >= 11 is 2.06. The number of ether oxygens (including phenoxy) is 4. The number of carboxylic acid groups (broad SMARTS) is 1. The minimum atomic E-state index is -0.979. The standard InChI is InChI=1S/C21H29AsO8/c1-20(2,3)11-27-18(25)29-15-8-7-13(9-14(22)17(23)24)10-16(15)30-19(26)28-12-21(4,5)6/h7-8,10,14H,9,11-12H2,1-6H3,(H,23,24)/t14-/m0/s1. The molecule has 8 nitrogen and oxygen atoms in total. The van der Waals surface area contributed by atoms with Crippen molar-refractivity contribution in [2.24, 2.45) is 10.8 Å². The molecule has 0 aromatic heterocycles. The van der Waals surface area contributed by atoms with Gasteiger partial charge in [0.25, 0.3) is 0 Å². The Morgan fingerprint density at radius 1 is 0.900 bits per heavy atom. The molecule has 1 rings (SSSR count). The molecule has 166 valence electrons. The van der Waals surface area contributed by atoms with E-state index in [0.717, 1.165) is 0 Å². The molecule has 2 radical (unpaired) electrons. The van der Waals surface area contributed by atoms with Crippen molar-refractivity contribution in [1.29, 1.82) is 0 Å². The topological polar surface area (TPSA) is 108 Å². The molecule has 0 amide bonds. The van der Waals surface area contributed by atoms with Gasteiger partial charge in [-0.3, -0.25) is 0 Å². The molecule has 1 aromatic rings. The summed E-state index contributed by atoms with van der Waals surface area (Å²) in [6, 6.07) is 4.44. The molecular formula is C21H29AsO8. The molecule has 1 aromatic carbocycles. The van der Waals surface area contributed by atoms with E-state index in [2.05, 4.69) is 16.9 Å². The number of hydrogen-bond donors (Lipinski definition) is 1. The predicted octanol–water partition coefficient (Wildman–Crippen LogP) is 4.39. The Labute approximate surface area is 185 Å². The van der Waals surface area contributed by atoms with Crippen LogP contribution in [0.15, 0.2) is 18.2 Å². The van der Waals surface area contributed by atoms with E-state index in [0.29, 0.717) is 5.56 Å². The quantitative estimate of drug-likeness (QED) is 0.345. The number of rotatable bonds is 7. The van der Waals surface area contributed by atoms with Gasteiger partial charge in [-0.2, -0.15) is 0 Å². The molecule has 0 heterocycles. The number of benzene rings is 1. The Kier molecular flexibility index (Phi) is 9.22. The molecule has 30 heavy (non-hydrogen) atoms. The molecule has 0 aliphatic heterocycles. The maximum atomic E-state index is 12.1. The second-order valence-corrected chi connectivity index (χ2v) is 10.5. The van der Waals surface area contributed by atoms with Gasteiger partial charge in [0.05, 0.1) is 0 Å². The minimum absolute atomic E-state index is 0.0390. The first-order chi connectivity index (χ1) is 13.7. The Bertz CT molecular complexity index is 761. The van der Waals surface area contributed by atoms with Crippen molar-refractivity contribution in [2.45, 2.75) is 52.7 Å². The summed E-state index contributed by atoms with van der Waals surface area (Å²) in [7, 11) is 0. The van der Waals surface area contributed by atoms with Crippen molar-refractivity contribution in [1.82, 2.24) is 0 Å². The Balaban J connectivity index is 3.00. The van der Waals surface area contributed by atoms with Crippen LogP contribution in [0, 0.1) is 10.8 Å². The van der Waals surface area contributed by atoms with Crippen molar-refractivity contribution >= 4 is 35.1 Å². The molecule has 0 aliphatic carbocycles. The first-order valence-electron chi connectivity index (χ1n) is 9.39. The van der Waals surface area contributed by atoms with Crippen molar-refractivity contribution in [2.75, 3.05) is 13.2 Å². The molecule has 0 saturated heterocycles. The van der Waals surface area contributed by atoms with E-state index >= 15 is 0 Å². The van der Waals surface area contributed by atoms with Gasteiger partial charge < -0.3 is 0 Å². The molecule has 0 fully saturated rings. The predicted molar refractivity (Wildman–Crippen MR) is 110 cm³/mol. The van der Waals surface area contributed by atoms with Gasteiger partial charge in [0.2, 0.25) is 0 Å². The third kappa shape index (κ3) is 10.5. The fourth-order valence-electron chi connectivity index (χ4n) is 1.94. The third-order valence-corrected chi connectivity index (χ3v) is 4.20. The number of hydrogen-bond acceptors (Lipinski definition) is 7. The summed E-state index contributed by atoms with van der Waals surface area (Å²) in [4.78, 5) is 35.2. The van der Waals surface area contributed by atoms with Crippen LogP contribution in [0.5, 0.6) is 11.5 Å². The number of carbonyl (C=O) groups excluding carboxylic acids is 2. The molecule has 9 heteroatoms. The van der Waals surface area contributed by atoms with Crippen LogP contribution in [-0.2, 0) is 20.7 Å². The number of carbonyl (C=O) groups is 3. The van der Waals surface area contributed by atoms with Crippen molar-refractivity contribution in [3.8, 4) is 11.5 Å². The number of aliphatic carboxylic acids is 1. The van der Waals surface area contributed by atoms with Crippen LogP contribution in [0.3, 0.4) is 0 Å². The zero-order chi connectivity index (χ0) is 23.1. The molecule has 0 saturated carbocycles. The maximum absolute atomic E-state index is 12.1. The van der Waals surface area contributed by atoms with Crippen LogP contribution in [0.1, 0.15) is 47.1 Å². The summed E-state index contributed by atoms with van der Waals surface area (Å²) in [5, 5.41) is 9.10. The average molecular weight is 484 g/mol. The fourth-order valence-corrected chi connectivity index (χ4v) is 2.39. The Morgan fingerprint density at radius 3 is 1.80 bits per heavy atom. The van der Waals surface area contributed by atoms with Gasteiger partial charge in [0, 0.05) is 0 Å². The van der Waals surface area contributed by atoms with Crippen LogP contribution in [-0.4, -0.2) is 53.5 Å². The van der Waals surface area contributed by atoms with Gasteiger partial charge in [0.15, 0.2) is 0 Å². The van der Waals surface area contributed by atoms with Crippen LogP contribution in [0.4, 0.5) is 9.59 Å². The van der Waals surface area contributed by atoms with Crippen LogP contribution < -0.4 is 9.47 Å². The van der Waals surface area contributed by atoms with Gasteiger partial charge in [0.1, 0.15) is 0 Å². The number of carboxylic acids is 1. The monoisotopic (exact) mass is 484 g/mol. The molecule has 1 atom stereocenters. The first kappa shape index (κ1) is 25.8. The van der Waals surface area contributed by atoms with Gasteiger partial charge in [-0.25, -0.2) is 0 Å². The van der Waals surface area contributed by atoms with Crippen LogP contribution >= 0.6 is 0 Å². The van der Waals surface area contributed by atoms with Gasteiger partial charge >= 0.3 is 186 Å². The van der Waals surface area contributed by atoms with Crippen LogP contribution in [0.2, 0.25) is 4.71 Å². The van der Waals surface area contributed by atoms with E-state index in [1.54, 1.807) is 6.07 Å². The van der Waals surface area contributed by atoms with E-state index in [-0.39, 0.29) is 42.0 Å². The summed E-state index contributed by atoms with van der Waals surface area (Å²) in [5.41, 5.74) is 0.0766. The molecule has 0 aliphatic rings. The van der Waals surface area contributed by atoms with Gasteiger partial charge in [-0.1, -0.05) is 0 Å². The summed E-state index contributed by atoms with van der Waals surface area (Å²) in [6.07, 6.45) is -1.73. The molecule has 0 spiro atoms. The van der Waals surface area contributed by atoms with E-state index in [1.165, 1.54) is 12.1 Å². The van der Waals surface area contributed by atoms with E-state index < -0.39 is 23.0 Å². The Hall–Kier alpha value is -2.21. The van der Waals surface area contributed by atoms with E-state index in [1.807, 2.05) is 41.5 Å². The summed E-state index contributed by atoms with van der Waals surface area (Å²) in [6.45, 7) is 11.7. The average Bonchev–Trinajstić information content (AvgIpc) is 2.59. The SMILES string of the molecule is CC(C)(C)COC(=O)Oc1ccc(C[C@H]([As])C(=O)O)cc1OC(=O)OCC(C)(C)C. The first-order valence-corrected chi connectivity index (χ1v) is 10.5. The van der Waals surface area contributed by atoms with E-state index in [4.69, 9.17) is 24.1 Å². The van der Waals surface area contributed by atoms with Gasteiger partial charge in [-0.15, -0.1) is 0 Å². The van der Waals surface area contributed by atoms with Crippen molar-refractivity contribution in [3.05, 3.63) is 23.8 Å². The molecule has 1 N–H and O–H groups in total. The van der Waals surface area contributed by atoms with Gasteiger partial charge in [-0.05, 0) is 0 Å². The summed E-state index contributed by atoms with van der Waals surface area (Å²) in [5.74, 6) is -1.08. The normalized spacial score (nSPS) is 12.6. The second-order valence-electron chi connectivity index (χ2n) is 9.24. The van der Waals surface area contributed by atoms with E-state index in [9.17, 15) is 14.4 Å². The Morgan fingerprint density at radius 2 is 1.37 bits per heavy atom. The molecule has 0 unspecified atom stereocenters. The zero-order valence-electron chi connectivity index (χ0n) is 18.2. The second kappa shape index (κ2) is 10.7. The van der Waals surface area contributed by atoms with Crippen LogP contribution in [0.25, 0.3) is 0 Å². The molecular weight excluding hydrogens is 455 g/mol. The zero-order valence-corrected chi connectivity index (χ0v) is 20.1. The fraction of sp³-hybridized carbons (Fsp3) is 0.571. The molecule has 0 bridgehead atoms. The summed E-state index contributed by atoms with van der Waals surface area (Å²) < 4.78 is 19.9. The van der Waals surface area contributed by atoms with Crippen molar-refractivity contribution in [3.63, 3.8) is 0 Å².